The minimum atomic E-state index is -0.567. The van der Waals surface area contributed by atoms with Gasteiger partial charge in [0.25, 0.3) is 0 Å². The summed E-state index contributed by atoms with van der Waals surface area (Å²) in [5, 5.41) is 4.34. The zero-order chi connectivity index (χ0) is 24.8. The highest BCUT2D eigenvalue weighted by molar-refractivity contribution is 6.29. The first kappa shape index (κ1) is 22.5. The molecule has 6 rings (SSSR count). The number of nitrogens with zero attached hydrogens (tertiary/aromatic N) is 4. The summed E-state index contributed by atoms with van der Waals surface area (Å²) in [7, 11) is 0. The molecule has 180 valence electrons. The normalized spacial score (nSPS) is 14.1. The molecule has 7 nitrogen and oxygen atoms in total. The third-order valence-corrected chi connectivity index (χ3v) is 6.96. The lowest BCUT2D eigenvalue weighted by Gasteiger charge is -2.14. The highest BCUT2D eigenvalue weighted by atomic mass is 35.5. The molecule has 0 fully saturated rings. The molecule has 8 heteroatoms. The molecule has 0 unspecified atom stereocenters. The lowest BCUT2D eigenvalue weighted by Crippen LogP contribution is -2.06. The standard InChI is InChI=1S/C28H24ClN5O2/c1-3-25-32-26-16(2)12-23(29)30-27(26)34(25)15-17-8-11-21-19(13-17)10-9-18-6-4-5-7-20(18)22(21)14-24-31-28(35)36-33-24/h4-8,11-14H,3,9-10,15H2,1-2H3,(H,31,33,35)/b22-14-. The van der Waals surface area contributed by atoms with E-state index in [0.29, 0.717) is 17.5 Å². The highest BCUT2D eigenvalue weighted by Gasteiger charge is 2.20. The molecule has 5 aromatic rings. The smallest absolute Gasteiger partial charge is 0.308 e. The molecule has 1 aliphatic rings. The van der Waals surface area contributed by atoms with Gasteiger partial charge >= 0.3 is 5.76 Å². The number of aromatic nitrogens is 5. The largest absolute Gasteiger partial charge is 0.439 e. The van der Waals surface area contributed by atoms with Crippen LogP contribution in [-0.2, 0) is 25.8 Å². The number of hydrogen-bond acceptors (Lipinski definition) is 5. The average molecular weight is 498 g/mol. The molecular formula is C28H24ClN5O2. The second-order valence-electron chi connectivity index (χ2n) is 9.09. The Morgan fingerprint density at radius 1 is 1.08 bits per heavy atom. The first-order valence-corrected chi connectivity index (χ1v) is 12.4. The number of rotatable bonds is 4. The fourth-order valence-electron chi connectivity index (χ4n) is 5.09. The summed E-state index contributed by atoms with van der Waals surface area (Å²) >= 11 is 6.30. The fourth-order valence-corrected chi connectivity index (χ4v) is 5.34. The molecule has 1 aliphatic carbocycles. The van der Waals surface area contributed by atoms with Crippen molar-refractivity contribution in [3.05, 3.63) is 109 Å². The van der Waals surface area contributed by atoms with Gasteiger partial charge in [0.15, 0.2) is 11.5 Å². The van der Waals surface area contributed by atoms with Gasteiger partial charge in [0, 0.05) is 6.42 Å². The van der Waals surface area contributed by atoms with Gasteiger partial charge in [-0.25, -0.2) is 14.8 Å². The summed E-state index contributed by atoms with van der Waals surface area (Å²) in [6.45, 7) is 4.78. The number of aromatic amines is 1. The Kier molecular flexibility index (Phi) is 5.57. The van der Waals surface area contributed by atoms with Crippen LogP contribution >= 0.6 is 11.6 Å². The van der Waals surface area contributed by atoms with Crippen molar-refractivity contribution in [1.29, 1.82) is 0 Å². The van der Waals surface area contributed by atoms with Crippen LogP contribution in [0.2, 0.25) is 5.15 Å². The molecule has 0 amide bonds. The van der Waals surface area contributed by atoms with Gasteiger partial charge in [-0.05, 0) is 70.9 Å². The number of aryl methyl sites for hydroxylation is 4. The Bertz CT molecular complexity index is 1710. The molecule has 2 aromatic carbocycles. The molecule has 3 aromatic heterocycles. The van der Waals surface area contributed by atoms with E-state index < -0.39 is 5.76 Å². The number of H-pyrrole nitrogens is 1. The maximum atomic E-state index is 11.5. The van der Waals surface area contributed by atoms with Gasteiger partial charge in [-0.1, -0.05) is 66.1 Å². The lowest BCUT2D eigenvalue weighted by atomic mass is 9.92. The van der Waals surface area contributed by atoms with Crippen LogP contribution in [0, 0.1) is 6.92 Å². The monoisotopic (exact) mass is 497 g/mol. The van der Waals surface area contributed by atoms with E-state index in [-0.39, 0.29) is 0 Å². The summed E-state index contributed by atoms with van der Waals surface area (Å²) in [6.07, 6.45) is 4.52. The number of hydrogen-bond donors (Lipinski definition) is 1. The molecule has 36 heavy (non-hydrogen) atoms. The molecule has 1 N–H and O–H groups in total. The van der Waals surface area contributed by atoms with Crippen molar-refractivity contribution in [2.75, 3.05) is 0 Å². The first-order valence-electron chi connectivity index (χ1n) is 12.0. The Hall–Kier alpha value is -3.97. The van der Waals surface area contributed by atoms with E-state index in [1.165, 1.54) is 16.7 Å². The Labute approximate surface area is 212 Å². The van der Waals surface area contributed by atoms with Gasteiger partial charge in [-0.3, -0.25) is 9.51 Å². The Morgan fingerprint density at radius 2 is 1.89 bits per heavy atom. The molecule has 0 spiro atoms. The summed E-state index contributed by atoms with van der Waals surface area (Å²) in [4.78, 5) is 23.6. The van der Waals surface area contributed by atoms with E-state index in [1.54, 1.807) is 0 Å². The first-order chi connectivity index (χ1) is 17.5. The van der Waals surface area contributed by atoms with Crippen molar-refractivity contribution < 1.29 is 4.52 Å². The van der Waals surface area contributed by atoms with Crippen molar-refractivity contribution in [2.24, 2.45) is 0 Å². The minimum Gasteiger partial charge on any atom is -0.308 e. The van der Waals surface area contributed by atoms with Crippen LogP contribution in [0.4, 0.5) is 0 Å². The van der Waals surface area contributed by atoms with Crippen LogP contribution in [0.3, 0.4) is 0 Å². The number of pyridine rings is 1. The van der Waals surface area contributed by atoms with E-state index >= 15 is 0 Å². The van der Waals surface area contributed by atoms with Gasteiger partial charge in [-0.15, -0.1) is 0 Å². The summed E-state index contributed by atoms with van der Waals surface area (Å²) < 4.78 is 6.90. The molecule has 0 radical (unpaired) electrons. The molecule has 3 heterocycles. The number of benzene rings is 2. The SMILES string of the molecule is CCc1nc2c(C)cc(Cl)nc2n1Cc1ccc2c(c1)CCc1ccccc1/C2=C/c1noc(=O)[nH]1. The molecule has 0 atom stereocenters. The zero-order valence-electron chi connectivity index (χ0n) is 20.0. The zero-order valence-corrected chi connectivity index (χ0v) is 20.8. The van der Waals surface area contributed by atoms with Crippen molar-refractivity contribution in [2.45, 2.75) is 39.7 Å². The van der Waals surface area contributed by atoms with Crippen molar-refractivity contribution >= 4 is 34.4 Å². The van der Waals surface area contributed by atoms with Crippen molar-refractivity contribution in [3.63, 3.8) is 0 Å². The number of fused-ring (bicyclic) bond motifs is 3. The van der Waals surface area contributed by atoms with Gasteiger partial charge in [0.2, 0.25) is 0 Å². The van der Waals surface area contributed by atoms with Crippen LogP contribution in [0.1, 0.15) is 52.0 Å². The van der Waals surface area contributed by atoms with Crippen molar-refractivity contribution in [1.82, 2.24) is 24.7 Å². The van der Waals surface area contributed by atoms with Gasteiger partial charge < -0.3 is 4.57 Å². The maximum absolute atomic E-state index is 11.5. The van der Waals surface area contributed by atoms with Crippen LogP contribution in [-0.4, -0.2) is 24.7 Å². The average Bonchev–Trinajstić information content (AvgIpc) is 3.40. The molecular weight excluding hydrogens is 474 g/mol. The van der Waals surface area contributed by atoms with E-state index in [2.05, 4.69) is 63.0 Å². The topological polar surface area (TPSA) is 89.6 Å². The minimum absolute atomic E-state index is 0.400. The quantitative estimate of drug-likeness (QED) is 0.337. The van der Waals surface area contributed by atoms with Crippen molar-refractivity contribution in [3.8, 4) is 0 Å². The third-order valence-electron chi connectivity index (χ3n) is 6.77. The summed E-state index contributed by atoms with van der Waals surface area (Å²) in [6, 6.07) is 16.8. The third kappa shape index (κ3) is 3.95. The summed E-state index contributed by atoms with van der Waals surface area (Å²) in [5.41, 5.74) is 9.68. The number of halogens is 1. The maximum Gasteiger partial charge on any atom is 0.439 e. The van der Waals surface area contributed by atoms with Crippen LogP contribution in [0.15, 0.2) is 57.8 Å². The predicted octanol–water partition coefficient (Wildman–Crippen LogP) is 5.37. The predicted molar refractivity (Wildman–Crippen MR) is 140 cm³/mol. The fraction of sp³-hybridized carbons (Fsp3) is 0.214. The van der Waals surface area contributed by atoms with Crippen LogP contribution in [0.5, 0.6) is 0 Å². The second kappa shape index (κ2) is 8.91. The number of nitrogens with one attached hydrogen (secondary N) is 1. The van der Waals surface area contributed by atoms with Gasteiger partial charge in [-0.2, -0.15) is 0 Å². The molecule has 0 aliphatic heterocycles. The van der Waals surface area contributed by atoms with E-state index in [1.807, 2.05) is 25.1 Å². The second-order valence-corrected chi connectivity index (χ2v) is 9.48. The lowest BCUT2D eigenvalue weighted by molar-refractivity contribution is 0.385. The van der Waals surface area contributed by atoms with E-state index in [4.69, 9.17) is 21.1 Å². The molecule has 0 bridgehead atoms. The highest BCUT2D eigenvalue weighted by Crippen LogP contribution is 2.35. The van der Waals surface area contributed by atoms with E-state index in [0.717, 1.165) is 58.5 Å². The molecule has 0 saturated carbocycles. The Morgan fingerprint density at radius 3 is 2.69 bits per heavy atom. The van der Waals surface area contributed by atoms with Crippen LogP contribution < -0.4 is 5.76 Å². The summed E-state index contributed by atoms with van der Waals surface area (Å²) in [5.74, 6) is 0.820. The molecule has 0 saturated heterocycles. The van der Waals surface area contributed by atoms with Gasteiger partial charge in [0.05, 0.1) is 6.54 Å². The van der Waals surface area contributed by atoms with E-state index in [9.17, 15) is 4.79 Å². The Balaban J connectivity index is 1.46. The van der Waals surface area contributed by atoms with Crippen LogP contribution in [0.25, 0.3) is 22.8 Å². The number of imidazole rings is 1. The van der Waals surface area contributed by atoms with Gasteiger partial charge in [0.1, 0.15) is 16.5 Å².